The summed E-state index contributed by atoms with van der Waals surface area (Å²) in [5, 5.41) is 5.47. The Morgan fingerprint density at radius 3 is 2.56 bits per heavy atom. The van der Waals surface area contributed by atoms with Crippen molar-refractivity contribution in [2.45, 2.75) is 44.8 Å². The molecule has 1 aromatic rings. The van der Waals surface area contributed by atoms with Gasteiger partial charge in [-0.05, 0) is 43.3 Å². The van der Waals surface area contributed by atoms with E-state index in [9.17, 15) is 18.0 Å². The van der Waals surface area contributed by atoms with Gasteiger partial charge in [-0.15, -0.1) is 12.4 Å². The summed E-state index contributed by atoms with van der Waals surface area (Å²) >= 11 is 0. The van der Waals surface area contributed by atoms with Crippen LogP contribution in [0.5, 0.6) is 0 Å². The van der Waals surface area contributed by atoms with Crippen LogP contribution in [0.1, 0.15) is 31.7 Å². The Kier molecular flexibility index (Phi) is 8.73. The van der Waals surface area contributed by atoms with Gasteiger partial charge in [0.2, 0.25) is 5.91 Å². The number of amides is 1. The number of rotatable bonds is 6. The Morgan fingerprint density at radius 2 is 2.00 bits per heavy atom. The van der Waals surface area contributed by atoms with Crippen molar-refractivity contribution < 1.29 is 18.0 Å². The van der Waals surface area contributed by atoms with Crippen LogP contribution in [-0.2, 0) is 11.2 Å². The summed E-state index contributed by atoms with van der Waals surface area (Å²) in [6.45, 7) is 3.75. The molecule has 3 atom stereocenters. The summed E-state index contributed by atoms with van der Waals surface area (Å²) in [5.41, 5.74) is 0.560. The molecular weight excluding hydrogens is 353 g/mol. The Balaban J connectivity index is 0.00000312. The van der Waals surface area contributed by atoms with Crippen LogP contribution < -0.4 is 10.6 Å². The molecule has 25 heavy (non-hydrogen) atoms. The Labute approximate surface area is 153 Å². The molecular formula is C18H26ClF3N2O. The molecule has 1 aliphatic rings. The SMILES string of the molecule is CC(CC(=O)NC(Cc1ccccc1)C(F)(F)F)C1CCCNC1.Cl. The third kappa shape index (κ3) is 7.24. The van der Waals surface area contributed by atoms with E-state index >= 15 is 0 Å². The maximum Gasteiger partial charge on any atom is 0.408 e. The number of carbonyl (C=O) groups is 1. The van der Waals surface area contributed by atoms with Gasteiger partial charge in [0.05, 0.1) is 0 Å². The fraction of sp³-hybridized carbons (Fsp3) is 0.611. The summed E-state index contributed by atoms with van der Waals surface area (Å²) in [7, 11) is 0. The van der Waals surface area contributed by atoms with Gasteiger partial charge in [0, 0.05) is 12.8 Å². The molecule has 7 heteroatoms. The lowest BCUT2D eigenvalue weighted by atomic mass is 9.85. The lowest BCUT2D eigenvalue weighted by Gasteiger charge is -2.29. The number of hydrogen-bond donors (Lipinski definition) is 2. The summed E-state index contributed by atoms with van der Waals surface area (Å²) in [6.07, 6.45) is -2.49. The zero-order chi connectivity index (χ0) is 17.6. The van der Waals surface area contributed by atoms with Gasteiger partial charge < -0.3 is 10.6 Å². The van der Waals surface area contributed by atoms with Crippen LogP contribution in [0, 0.1) is 11.8 Å². The maximum atomic E-state index is 13.2. The third-order valence-electron chi connectivity index (χ3n) is 4.66. The zero-order valence-corrected chi connectivity index (χ0v) is 15.1. The average Bonchev–Trinajstić information content (AvgIpc) is 2.55. The minimum atomic E-state index is -4.46. The number of carbonyl (C=O) groups excluding carboxylic acids is 1. The number of alkyl halides is 3. The highest BCUT2D eigenvalue weighted by Gasteiger charge is 2.40. The van der Waals surface area contributed by atoms with Gasteiger partial charge >= 0.3 is 6.18 Å². The molecule has 0 aromatic heterocycles. The molecule has 0 spiro atoms. The molecule has 0 bridgehead atoms. The molecule has 1 saturated heterocycles. The van der Waals surface area contributed by atoms with Crippen molar-refractivity contribution in [3.63, 3.8) is 0 Å². The van der Waals surface area contributed by atoms with Crippen LogP contribution in [0.25, 0.3) is 0 Å². The summed E-state index contributed by atoms with van der Waals surface area (Å²) in [5.74, 6) is -0.0994. The molecule has 3 nitrogen and oxygen atoms in total. The van der Waals surface area contributed by atoms with E-state index in [1.54, 1.807) is 30.3 Å². The molecule has 2 rings (SSSR count). The quantitative estimate of drug-likeness (QED) is 0.792. The fourth-order valence-corrected chi connectivity index (χ4v) is 3.18. The van der Waals surface area contributed by atoms with Crippen LogP contribution >= 0.6 is 12.4 Å². The van der Waals surface area contributed by atoms with E-state index in [1.165, 1.54) is 0 Å². The molecule has 0 radical (unpaired) electrons. The second-order valence-corrected chi connectivity index (χ2v) is 6.64. The Hall–Kier alpha value is -1.27. The predicted octanol–water partition coefficient (Wildman–Crippen LogP) is 3.72. The second kappa shape index (κ2) is 10.0. The van der Waals surface area contributed by atoms with E-state index in [2.05, 4.69) is 10.6 Å². The first-order valence-electron chi connectivity index (χ1n) is 8.47. The van der Waals surface area contributed by atoms with Gasteiger partial charge in [-0.1, -0.05) is 37.3 Å². The van der Waals surface area contributed by atoms with Crippen molar-refractivity contribution in [2.75, 3.05) is 13.1 Å². The summed E-state index contributed by atoms with van der Waals surface area (Å²) in [6, 6.07) is 6.59. The predicted molar refractivity (Wildman–Crippen MR) is 94.8 cm³/mol. The molecule has 3 unspecified atom stereocenters. The summed E-state index contributed by atoms with van der Waals surface area (Å²) in [4.78, 5) is 12.1. The lowest BCUT2D eigenvalue weighted by molar-refractivity contribution is -0.161. The fourth-order valence-electron chi connectivity index (χ4n) is 3.18. The Bertz CT molecular complexity index is 519. The van der Waals surface area contributed by atoms with E-state index in [0.717, 1.165) is 25.9 Å². The van der Waals surface area contributed by atoms with Crippen LogP contribution in [0.3, 0.4) is 0 Å². The molecule has 2 N–H and O–H groups in total. The monoisotopic (exact) mass is 378 g/mol. The number of nitrogens with one attached hydrogen (secondary N) is 2. The van der Waals surface area contributed by atoms with Crippen molar-refractivity contribution in [1.82, 2.24) is 10.6 Å². The second-order valence-electron chi connectivity index (χ2n) is 6.64. The highest BCUT2D eigenvalue weighted by Crippen LogP contribution is 2.25. The largest absolute Gasteiger partial charge is 0.408 e. The topological polar surface area (TPSA) is 41.1 Å². The van der Waals surface area contributed by atoms with Crippen molar-refractivity contribution >= 4 is 18.3 Å². The van der Waals surface area contributed by atoms with Crippen LogP contribution in [0.4, 0.5) is 13.2 Å². The molecule has 1 fully saturated rings. The molecule has 1 heterocycles. The van der Waals surface area contributed by atoms with Gasteiger partial charge in [-0.3, -0.25) is 4.79 Å². The van der Waals surface area contributed by atoms with Crippen molar-refractivity contribution in [1.29, 1.82) is 0 Å². The highest BCUT2D eigenvalue weighted by atomic mass is 35.5. The zero-order valence-electron chi connectivity index (χ0n) is 14.3. The van der Waals surface area contributed by atoms with E-state index in [-0.39, 0.29) is 31.2 Å². The van der Waals surface area contributed by atoms with Gasteiger partial charge in [-0.25, -0.2) is 0 Å². The lowest BCUT2D eigenvalue weighted by Crippen LogP contribution is -2.47. The normalized spacial score (nSPS) is 20.2. The van der Waals surface area contributed by atoms with Crippen molar-refractivity contribution in [3.05, 3.63) is 35.9 Å². The van der Waals surface area contributed by atoms with E-state index in [4.69, 9.17) is 0 Å². The minimum Gasteiger partial charge on any atom is -0.344 e. The van der Waals surface area contributed by atoms with Gasteiger partial charge in [0.25, 0.3) is 0 Å². The minimum absolute atomic E-state index is 0. The summed E-state index contributed by atoms with van der Waals surface area (Å²) < 4.78 is 39.7. The van der Waals surface area contributed by atoms with Crippen LogP contribution in [0.2, 0.25) is 0 Å². The molecule has 0 saturated carbocycles. The molecule has 142 valence electrons. The first kappa shape index (κ1) is 21.8. The molecule has 1 amide bonds. The highest BCUT2D eigenvalue weighted by molar-refractivity contribution is 5.85. The van der Waals surface area contributed by atoms with Crippen LogP contribution in [0.15, 0.2) is 30.3 Å². The average molecular weight is 379 g/mol. The van der Waals surface area contributed by atoms with E-state index in [1.807, 2.05) is 6.92 Å². The number of piperidine rings is 1. The number of benzene rings is 1. The molecule has 1 aliphatic heterocycles. The smallest absolute Gasteiger partial charge is 0.344 e. The maximum absolute atomic E-state index is 13.2. The van der Waals surface area contributed by atoms with Crippen molar-refractivity contribution in [2.24, 2.45) is 11.8 Å². The van der Waals surface area contributed by atoms with E-state index < -0.39 is 18.1 Å². The van der Waals surface area contributed by atoms with Gasteiger partial charge in [0.1, 0.15) is 6.04 Å². The number of halogens is 4. The molecule has 1 aromatic carbocycles. The van der Waals surface area contributed by atoms with Gasteiger partial charge in [0.15, 0.2) is 0 Å². The van der Waals surface area contributed by atoms with E-state index in [0.29, 0.717) is 11.5 Å². The number of hydrogen-bond acceptors (Lipinski definition) is 2. The Morgan fingerprint density at radius 1 is 1.32 bits per heavy atom. The first-order chi connectivity index (χ1) is 11.4. The first-order valence-corrected chi connectivity index (χ1v) is 8.47. The third-order valence-corrected chi connectivity index (χ3v) is 4.66. The van der Waals surface area contributed by atoms with Crippen LogP contribution in [-0.4, -0.2) is 31.2 Å². The van der Waals surface area contributed by atoms with Gasteiger partial charge in [-0.2, -0.15) is 13.2 Å². The van der Waals surface area contributed by atoms with Crippen molar-refractivity contribution in [3.8, 4) is 0 Å². The molecule has 0 aliphatic carbocycles. The standard InChI is InChI=1S/C18H25F3N2O.ClH/c1-13(15-8-5-9-22-12-15)10-17(24)23-16(18(19,20)21)11-14-6-3-2-4-7-14;/h2-4,6-7,13,15-16,22H,5,8-12H2,1H3,(H,23,24);1H.